The molecule has 0 atom stereocenters. The third-order valence-corrected chi connectivity index (χ3v) is 2.99. The second-order valence-corrected chi connectivity index (χ2v) is 4.82. The van der Waals surface area contributed by atoms with Gasteiger partial charge in [0.1, 0.15) is 0 Å². The molecule has 17 heavy (non-hydrogen) atoms. The number of hydrogen-bond donors (Lipinski definition) is 2. The first-order chi connectivity index (χ1) is 8.24. The molecule has 1 aliphatic rings. The molecular weight excluding hydrogens is 236 g/mol. The van der Waals surface area contributed by atoms with E-state index in [1.54, 1.807) is 12.1 Å². The third-order valence-electron chi connectivity index (χ3n) is 2.74. The van der Waals surface area contributed by atoms with Crippen LogP contribution in [0, 0.1) is 0 Å². The zero-order valence-corrected chi connectivity index (χ0v) is 10.5. The van der Waals surface area contributed by atoms with E-state index >= 15 is 0 Å². The van der Waals surface area contributed by atoms with Crippen LogP contribution in [0.4, 0.5) is 0 Å². The molecule has 0 saturated heterocycles. The van der Waals surface area contributed by atoms with Crippen molar-refractivity contribution in [3.8, 4) is 0 Å². The first-order valence-corrected chi connectivity index (χ1v) is 6.36. The van der Waals surface area contributed by atoms with Gasteiger partial charge in [0.15, 0.2) is 0 Å². The van der Waals surface area contributed by atoms with Crippen LogP contribution in [0.3, 0.4) is 0 Å². The SMILES string of the molecule is O=C(Cc1ccc(Cl)cc1)NCCNC1CC1. The number of nitrogens with one attached hydrogen (secondary N) is 2. The summed E-state index contributed by atoms with van der Waals surface area (Å²) in [7, 11) is 0. The van der Waals surface area contributed by atoms with Gasteiger partial charge in [-0.15, -0.1) is 0 Å². The van der Waals surface area contributed by atoms with E-state index in [2.05, 4.69) is 10.6 Å². The minimum Gasteiger partial charge on any atom is -0.355 e. The summed E-state index contributed by atoms with van der Waals surface area (Å²) in [6.07, 6.45) is 2.97. The Labute approximate surface area is 107 Å². The fourth-order valence-electron chi connectivity index (χ4n) is 1.62. The summed E-state index contributed by atoms with van der Waals surface area (Å²) in [5.41, 5.74) is 0.988. The number of hydrogen-bond acceptors (Lipinski definition) is 2. The Morgan fingerprint density at radius 3 is 2.59 bits per heavy atom. The number of carbonyl (C=O) groups is 1. The van der Waals surface area contributed by atoms with Crippen molar-refractivity contribution in [1.82, 2.24) is 10.6 Å². The largest absolute Gasteiger partial charge is 0.355 e. The number of carbonyl (C=O) groups excluding carboxylic acids is 1. The van der Waals surface area contributed by atoms with Crippen LogP contribution in [0.1, 0.15) is 18.4 Å². The molecule has 0 heterocycles. The Bertz CT molecular complexity index is 374. The smallest absolute Gasteiger partial charge is 0.224 e. The highest BCUT2D eigenvalue weighted by atomic mass is 35.5. The van der Waals surface area contributed by atoms with E-state index in [1.165, 1.54) is 12.8 Å². The normalized spacial score (nSPS) is 14.6. The molecule has 2 rings (SSSR count). The molecule has 0 aliphatic heterocycles. The van der Waals surface area contributed by atoms with Crippen molar-refractivity contribution in [1.29, 1.82) is 0 Å². The van der Waals surface area contributed by atoms with Crippen LogP contribution in [0.15, 0.2) is 24.3 Å². The van der Waals surface area contributed by atoms with E-state index in [-0.39, 0.29) is 5.91 Å². The molecule has 0 radical (unpaired) electrons. The first kappa shape index (κ1) is 12.4. The van der Waals surface area contributed by atoms with Crippen LogP contribution in [0.2, 0.25) is 5.02 Å². The summed E-state index contributed by atoms with van der Waals surface area (Å²) < 4.78 is 0. The topological polar surface area (TPSA) is 41.1 Å². The number of benzene rings is 1. The van der Waals surface area contributed by atoms with Gasteiger partial charge in [-0.2, -0.15) is 0 Å². The highest BCUT2D eigenvalue weighted by Crippen LogP contribution is 2.17. The molecule has 1 aromatic carbocycles. The molecule has 1 aromatic rings. The Morgan fingerprint density at radius 2 is 1.94 bits per heavy atom. The van der Waals surface area contributed by atoms with E-state index in [1.807, 2.05) is 12.1 Å². The lowest BCUT2D eigenvalue weighted by Gasteiger charge is -2.06. The van der Waals surface area contributed by atoms with E-state index < -0.39 is 0 Å². The van der Waals surface area contributed by atoms with Gasteiger partial charge in [0.05, 0.1) is 6.42 Å². The van der Waals surface area contributed by atoms with Crippen molar-refractivity contribution in [3.63, 3.8) is 0 Å². The second-order valence-electron chi connectivity index (χ2n) is 4.38. The molecule has 2 N–H and O–H groups in total. The van der Waals surface area contributed by atoms with Crippen molar-refractivity contribution in [2.75, 3.05) is 13.1 Å². The van der Waals surface area contributed by atoms with Gasteiger partial charge in [0.25, 0.3) is 0 Å². The fourth-order valence-corrected chi connectivity index (χ4v) is 1.74. The molecule has 3 nitrogen and oxygen atoms in total. The minimum absolute atomic E-state index is 0.0601. The van der Waals surface area contributed by atoms with Crippen LogP contribution in [-0.4, -0.2) is 25.0 Å². The van der Waals surface area contributed by atoms with Crippen molar-refractivity contribution in [3.05, 3.63) is 34.9 Å². The summed E-state index contributed by atoms with van der Waals surface area (Å²) in [6, 6.07) is 8.06. The Balaban J connectivity index is 1.63. The molecule has 1 aliphatic carbocycles. The number of halogens is 1. The average Bonchev–Trinajstić information content (AvgIpc) is 3.12. The molecular formula is C13H17ClN2O. The lowest BCUT2D eigenvalue weighted by Crippen LogP contribution is -2.33. The van der Waals surface area contributed by atoms with E-state index in [0.29, 0.717) is 24.0 Å². The van der Waals surface area contributed by atoms with Crippen LogP contribution in [-0.2, 0) is 11.2 Å². The van der Waals surface area contributed by atoms with E-state index in [0.717, 1.165) is 12.1 Å². The average molecular weight is 253 g/mol. The Kier molecular flexibility index (Phi) is 4.40. The maximum atomic E-state index is 11.6. The maximum absolute atomic E-state index is 11.6. The molecule has 92 valence electrons. The second kappa shape index (κ2) is 6.03. The molecule has 0 bridgehead atoms. The highest BCUT2D eigenvalue weighted by molar-refractivity contribution is 6.30. The quantitative estimate of drug-likeness (QED) is 0.758. The van der Waals surface area contributed by atoms with Gasteiger partial charge in [-0.3, -0.25) is 4.79 Å². The minimum atomic E-state index is 0.0601. The van der Waals surface area contributed by atoms with Gasteiger partial charge in [-0.25, -0.2) is 0 Å². The molecule has 0 spiro atoms. The molecule has 1 amide bonds. The van der Waals surface area contributed by atoms with Gasteiger partial charge >= 0.3 is 0 Å². The standard InChI is InChI=1S/C13H17ClN2O/c14-11-3-1-10(2-4-11)9-13(17)16-8-7-15-12-5-6-12/h1-4,12,15H,5-9H2,(H,16,17). The predicted octanol–water partition coefficient (Wildman–Crippen LogP) is 1.75. The summed E-state index contributed by atoms with van der Waals surface area (Å²) in [4.78, 5) is 11.6. The molecule has 0 unspecified atom stereocenters. The zero-order valence-electron chi connectivity index (χ0n) is 9.71. The molecule has 1 fully saturated rings. The monoisotopic (exact) mass is 252 g/mol. The molecule has 4 heteroatoms. The van der Waals surface area contributed by atoms with Gasteiger partial charge < -0.3 is 10.6 Å². The van der Waals surface area contributed by atoms with Gasteiger partial charge in [-0.05, 0) is 30.5 Å². The third kappa shape index (κ3) is 4.75. The van der Waals surface area contributed by atoms with Crippen LogP contribution < -0.4 is 10.6 Å². The highest BCUT2D eigenvalue weighted by Gasteiger charge is 2.19. The lowest BCUT2D eigenvalue weighted by atomic mass is 10.1. The van der Waals surface area contributed by atoms with E-state index in [9.17, 15) is 4.79 Å². The van der Waals surface area contributed by atoms with Gasteiger partial charge in [0, 0.05) is 24.2 Å². The van der Waals surface area contributed by atoms with Crippen LogP contribution >= 0.6 is 11.6 Å². The summed E-state index contributed by atoms with van der Waals surface area (Å²) in [5, 5.41) is 6.94. The lowest BCUT2D eigenvalue weighted by molar-refractivity contribution is -0.120. The van der Waals surface area contributed by atoms with Crippen molar-refractivity contribution in [2.24, 2.45) is 0 Å². The Hall–Kier alpha value is -1.06. The van der Waals surface area contributed by atoms with Crippen molar-refractivity contribution >= 4 is 17.5 Å². The van der Waals surface area contributed by atoms with Crippen molar-refractivity contribution < 1.29 is 4.79 Å². The zero-order chi connectivity index (χ0) is 12.1. The number of rotatable bonds is 6. The van der Waals surface area contributed by atoms with E-state index in [4.69, 9.17) is 11.6 Å². The summed E-state index contributed by atoms with van der Waals surface area (Å²) in [6.45, 7) is 1.56. The van der Waals surface area contributed by atoms with Crippen molar-refractivity contribution in [2.45, 2.75) is 25.3 Å². The summed E-state index contributed by atoms with van der Waals surface area (Å²) >= 11 is 5.78. The van der Waals surface area contributed by atoms with Gasteiger partial charge in [0.2, 0.25) is 5.91 Å². The molecule has 0 aromatic heterocycles. The number of amides is 1. The van der Waals surface area contributed by atoms with Crippen LogP contribution in [0.5, 0.6) is 0 Å². The first-order valence-electron chi connectivity index (χ1n) is 5.98. The predicted molar refractivity (Wildman–Crippen MR) is 69.2 cm³/mol. The molecule has 1 saturated carbocycles. The fraction of sp³-hybridized carbons (Fsp3) is 0.462. The summed E-state index contributed by atoms with van der Waals surface area (Å²) in [5.74, 6) is 0.0601. The Morgan fingerprint density at radius 1 is 1.24 bits per heavy atom. The maximum Gasteiger partial charge on any atom is 0.224 e. The van der Waals surface area contributed by atoms with Crippen LogP contribution in [0.25, 0.3) is 0 Å². The van der Waals surface area contributed by atoms with Gasteiger partial charge in [-0.1, -0.05) is 23.7 Å².